The zero-order valence-corrected chi connectivity index (χ0v) is 10.2. The minimum Gasteiger partial charge on any atom is -0.391 e. The van der Waals surface area contributed by atoms with E-state index in [9.17, 15) is 14.7 Å². The number of likely N-dealkylation sites (tertiary alicyclic amines) is 1. The van der Waals surface area contributed by atoms with Gasteiger partial charge in [-0.15, -0.1) is 0 Å². The maximum Gasteiger partial charge on any atom is 0.254 e. The van der Waals surface area contributed by atoms with E-state index in [-0.39, 0.29) is 11.8 Å². The van der Waals surface area contributed by atoms with E-state index in [4.69, 9.17) is 0 Å². The highest BCUT2D eigenvalue weighted by atomic mass is 16.3. The number of nitrogens with one attached hydrogen (secondary N) is 1. The van der Waals surface area contributed by atoms with Crippen LogP contribution in [0.3, 0.4) is 0 Å². The summed E-state index contributed by atoms with van der Waals surface area (Å²) in [4.78, 5) is 24.7. The first kappa shape index (κ1) is 12.6. The largest absolute Gasteiger partial charge is 0.391 e. The average molecular weight is 248 g/mol. The quantitative estimate of drug-likeness (QED) is 0.815. The lowest BCUT2D eigenvalue weighted by Gasteiger charge is -2.16. The Balaban J connectivity index is 2.12. The van der Waals surface area contributed by atoms with E-state index >= 15 is 0 Å². The van der Waals surface area contributed by atoms with Gasteiger partial charge in [-0.05, 0) is 24.6 Å². The number of anilines is 1. The minimum atomic E-state index is -0.424. The molecule has 2 rings (SSSR count). The normalized spacial score (nSPS) is 18.8. The first-order valence-electron chi connectivity index (χ1n) is 5.91. The first-order chi connectivity index (χ1) is 8.56. The van der Waals surface area contributed by atoms with Crippen molar-refractivity contribution in [2.45, 2.75) is 19.4 Å². The summed E-state index contributed by atoms with van der Waals surface area (Å²) < 4.78 is 0. The summed E-state index contributed by atoms with van der Waals surface area (Å²) in [6, 6.07) is 6.81. The number of rotatable bonds is 2. The SMILES string of the molecule is CC(=O)Nc1cccc(C(=O)N2CCC(O)C2)c1. The molecular weight excluding hydrogens is 232 g/mol. The monoisotopic (exact) mass is 248 g/mol. The van der Waals surface area contributed by atoms with Crippen molar-refractivity contribution in [2.24, 2.45) is 0 Å². The van der Waals surface area contributed by atoms with Crippen molar-refractivity contribution < 1.29 is 14.7 Å². The lowest BCUT2D eigenvalue weighted by atomic mass is 10.1. The maximum absolute atomic E-state index is 12.1. The van der Waals surface area contributed by atoms with Crippen molar-refractivity contribution >= 4 is 17.5 Å². The molecule has 0 saturated carbocycles. The number of amides is 2. The summed E-state index contributed by atoms with van der Waals surface area (Å²) in [6.45, 7) is 2.37. The van der Waals surface area contributed by atoms with Crippen LogP contribution >= 0.6 is 0 Å². The van der Waals surface area contributed by atoms with E-state index < -0.39 is 6.10 Å². The summed E-state index contributed by atoms with van der Waals surface area (Å²) >= 11 is 0. The van der Waals surface area contributed by atoms with Crippen LogP contribution in [0.2, 0.25) is 0 Å². The Bertz CT molecular complexity index is 473. The lowest BCUT2D eigenvalue weighted by Crippen LogP contribution is -2.29. The number of nitrogens with zero attached hydrogens (tertiary/aromatic N) is 1. The molecule has 2 amide bonds. The third kappa shape index (κ3) is 2.87. The Kier molecular flexibility index (Phi) is 3.62. The van der Waals surface area contributed by atoms with E-state index in [0.717, 1.165) is 0 Å². The van der Waals surface area contributed by atoms with Gasteiger partial charge in [0.2, 0.25) is 5.91 Å². The zero-order chi connectivity index (χ0) is 13.1. The molecule has 1 fully saturated rings. The zero-order valence-electron chi connectivity index (χ0n) is 10.2. The number of hydrogen-bond donors (Lipinski definition) is 2. The standard InChI is InChI=1S/C13H16N2O3/c1-9(16)14-11-4-2-3-10(7-11)13(18)15-6-5-12(17)8-15/h2-4,7,12,17H,5-6,8H2,1H3,(H,14,16). The van der Waals surface area contributed by atoms with E-state index in [1.54, 1.807) is 29.2 Å². The van der Waals surface area contributed by atoms with Crippen molar-refractivity contribution in [1.29, 1.82) is 0 Å². The molecule has 0 radical (unpaired) electrons. The van der Waals surface area contributed by atoms with Gasteiger partial charge in [-0.1, -0.05) is 6.07 Å². The van der Waals surface area contributed by atoms with Crippen molar-refractivity contribution in [2.75, 3.05) is 18.4 Å². The number of benzene rings is 1. The molecule has 1 heterocycles. The second kappa shape index (κ2) is 5.18. The molecule has 0 aliphatic carbocycles. The highest BCUT2D eigenvalue weighted by Crippen LogP contribution is 2.16. The number of aliphatic hydroxyl groups is 1. The van der Waals surface area contributed by atoms with Gasteiger partial charge >= 0.3 is 0 Å². The van der Waals surface area contributed by atoms with Crippen LogP contribution in [0.15, 0.2) is 24.3 Å². The summed E-state index contributed by atoms with van der Waals surface area (Å²) in [5, 5.41) is 12.1. The Morgan fingerprint density at radius 1 is 1.44 bits per heavy atom. The predicted molar refractivity (Wildman–Crippen MR) is 67.3 cm³/mol. The number of hydrogen-bond acceptors (Lipinski definition) is 3. The van der Waals surface area contributed by atoms with Gasteiger partial charge in [-0.2, -0.15) is 0 Å². The van der Waals surface area contributed by atoms with E-state index in [2.05, 4.69) is 5.32 Å². The van der Waals surface area contributed by atoms with Crippen LogP contribution in [0.5, 0.6) is 0 Å². The molecule has 18 heavy (non-hydrogen) atoms. The first-order valence-corrected chi connectivity index (χ1v) is 5.91. The summed E-state index contributed by atoms with van der Waals surface area (Å²) in [5.74, 6) is -0.282. The smallest absolute Gasteiger partial charge is 0.254 e. The number of aliphatic hydroxyl groups excluding tert-OH is 1. The van der Waals surface area contributed by atoms with Crippen LogP contribution in [0.1, 0.15) is 23.7 Å². The highest BCUT2D eigenvalue weighted by molar-refractivity contribution is 5.96. The van der Waals surface area contributed by atoms with Crippen LogP contribution in [0, 0.1) is 0 Å². The molecule has 0 bridgehead atoms. The number of carbonyl (C=O) groups excluding carboxylic acids is 2. The van der Waals surface area contributed by atoms with Crippen molar-refractivity contribution in [3.8, 4) is 0 Å². The van der Waals surface area contributed by atoms with Crippen molar-refractivity contribution in [1.82, 2.24) is 4.90 Å². The van der Waals surface area contributed by atoms with Gasteiger partial charge in [0.15, 0.2) is 0 Å². The van der Waals surface area contributed by atoms with Gasteiger partial charge in [0.1, 0.15) is 0 Å². The van der Waals surface area contributed by atoms with Gasteiger partial charge in [0.05, 0.1) is 6.10 Å². The Morgan fingerprint density at radius 2 is 2.22 bits per heavy atom. The predicted octanol–water partition coefficient (Wildman–Crippen LogP) is 0.852. The molecule has 1 aromatic carbocycles. The fraction of sp³-hybridized carbons (Fsp3) is 0.385. The van der Waals surface area contributed by atoms with Crippen molar-refractivity contribution in [3.63, 3.8) is 0 Å². The van der Waals surface area contributed by atoms with Gasteiger partial charge in [-0.3, -0.25) is 9.59 Å². The van der Waals surface area contributed by atoms with E-state index in [1.807, 2.05) is 0 Å². The molecule has 96 valence electrons. The van der Waals surface area contributed by atoms with Crippen LogP contribution in [0.4, 0.5) is 5.69 Å². The molecule has 1 aromatic rings. The van der Waals surface area contributed by atoms with Crippen LogP contribution in [-0.4, -0.2) is 41.0 Å². The van der Waals surface area contributed by atoms with E-state index in [0.29, 0.717) is 30.8 Å². The van der Waals surface area contributed by atoms with Gasteiger partial charge in [-0.25, -0.2) is 0 Å². The number of β-amino-alcohol motifs (C(OH)–C–C–N with tert-alkyl or cyclic N) is 1. The number of carbonyl (C=O) groups is 2. The van der Waals surface area contributed by atoms with E-state index in [1.165, 1.54) is 6.92 Å². The minimum absolute atomic E-state index is 0.112. The molecule has 2 N–H and O–H groups in total. The molecule has 5 nitrogen and oxygen atoms in total. The molecule has 1 atom stereocenters. The fourth-order valence-corrected chi connectivity index (χ4v) is 2.04. The third-order valence-corrected chi connectivity index (χ3v) is 2.88. The van der Waals surface area contributed by atoms with Gasteiger partial charge in [0.25, 0.3) is 5.91 Å². The van der Waals surface area contributed by atoms with Crippen molar-refractivity contribution in [3.05, 3.63) is 29.8 Å². The Hall–Kier alpha value is -1.88. The van der Waals surface area contributed by atoms with Crippen LogP contribution in [-0.2, 0) is 4.79 Å². The van der Waals surface area contributed by atoms with Gasteiger partial charge in [0, 0.05) is 31.3 Å². The third-order valence-electron chi connectivity index (χ3n) is 2.88. The molecule has 1 aliphatic rings. The molecule has 1 aliphatic heterocycles. The molecule has 0 aromatic heterocycles. The molecule has 1 saturated heterocycles. The van der Waals surface area contributed by atoms with Gasteiger partial charge < -0.3 is 15.3 Å². The van der Waals surface area contributed by atoms with Crippen LogP contribution < -0.4 is 5.32 Å². The topological polar surface area (TPSA) is 69.6 Å². The Morgan fingerprint density at radius 3 is 2.83 bits per heavy atom. The Labute approximate surface area is 105 Å². The molecule has 5 heteroatoms. The average Bonchev–Trinajstić information content (AvgIpc) is 2.74. The second-order valence-electron chi connectivity index (χ2n) is 4.46. The summed E-state index contributed by atoms with van der Waals surface area (Å²) in [6.07, 6.45) is 0.199. The molecule has 1 unspecified atom stereocenters. The molecular formula is C13H16N2O3. The van der Waals surface area contributed by atoms with Crippen LogP contribution in [0.25, 0.3) is 0 Å². The highest BCUT2D eigenvalue weighted by Gasteiger charge is 2.25. The maximum atomic E-state index is 12.1. The lowest BCUT2D eigenvalue weighted by molar-refractivity contribution is -0.114. The second-order valence-corrected chi connectivity index (χ2v) is 4.46. The fourth-order valence-electron chi connectivity index (χ4n) is 2.04. The molecule has 0 spiro atoms. The summed E-state index contributed by atoms with van der Waals surface area (Å²) in [7, 11) is 0. The summed E-state index contributed by atoms with van der Waals surface area (Å²) in [5.41, 5.74) is 1.13.